The average Bonchev–Trinajstić information content (AvgIpc) is 2.96. The molecule has 0 saturated heterocycles. The molecule has 0 amide bonds. The van der Waals surface area contributed by atoms with Crippen molar-refractivity contribution in [3.8, 4) is 0 Å². The van der Waals surface area contributed by atoms with Gasteiger partial charge in [0.25, 0.3) is 0 Å². The molecule has 0 radical (unpaired) electrons. The van der Waals surface area contributed by atoms with Crippen molar-refractivity contribution in [3.05, 3.63) is 51.5 Å². The zero-order valence-corrected chi connectivity index (χ0v) is 16.2. The maximum Gasteiger partial charge on any atom is 0.194 e. The molecule has 0 bridgehead atoms. The number of aryl methyl sites for hydroxylation is 2. The first-order valence-electron chi connectivity index (χ1n) is 8.46. The van der Waals surface area contributed by atoms with Gasteiger partial charge in [0.05, 0.1) is 17.2 Å². The number of hydrogen-bond acceptors (Lipinski definition) is 3. The van der Waals surface area contributed by atoms with Gasteiger partial charge in [0.1, 0.15) is 0 Å². The fraction of sp³-hybridized carbons (Fsp3) is 0.474. The number of aliphatic imine (C=N–C) groups is 1. The van der Waals surface area contributed by atoms with Gasteiger partial charge >= 0.3 is 0 Å². The standard InChI is InChI=1S/C19H28N4S/c1-6-20-19(23(5)12-18-13-24-16(4)22-18)21-11-15(3)17-9-7-8-14(2)10-17/h7-10,13,15H,6,11-12H2,1-5H3,(H,20,21). The number of guanidine groups is 1. The van der Waals surface area contributed by atoms with E-state index in [0.29, 0.717) is 5.92 Å². The summed E-state index contributed by atoms with van der Waals surface area (Å²) >= 11 is 1.69. The van der Waals surface area contributed by atoms with Gasteiger partial charge in [-0.2, -0.15) is 0 Å². The summed E-state index contributed by atoms with van der Waals surface area (Å²) in [4.78, 5) is 11.5. The molecule has 4 nitrogen and oxygen atoms in total. The van der Waals surface area contributed by atoms with E-state index in [1.54, 1.807) is 11.3 Å². The lowest BCUT2D eigenvalue weighted by atomic mass is 10.00. The molecule has 0 fully saturated rings. The summed E-state index contributed by atoms with van der Waals surface area (Å²) in [6.07, 6.45) is 0. The monoisotopic (exact) mass is 344 g/mol. The van der Waals surface area contributed by atoms with E-state index in [9.17, 15) is 0 Å². The van der Waals surface area contributed by atoms with Gasteiger partial charge < -0.3 is 10.2 Å². The molecule has 1 aromatic carbocycles. The maximum atomic E-state index is 4.83. The van der Waals surface area contributed by atoms with E-state index < -0.39 is 0 Å². The zero-order valence-electron chi connectivity index (χ0n) is 15.3. The van der Waals surface area contributed by atoms with Crippen LogP contribution in [0.4, 0.5) is 0 Å². The summed E-state index contributed by atoms with van der Waals surface area (Å²) in [6, 6.07) is 8.68. The van der Waals surface area contributed by atoms with Crippen molar-refractivity contribution in [2.45, 2.75) is 40.2 Å². The molecule has 1 heterocycles. The van der Waals surface area contributed by atoms with Crippen LogP contribution in [0.3, 0.4) is 0 Å². The van der Waals surface area contributed by atoms with Gasteiger partial charge in [-0.3, -0.25) is 4.99 Å². The Labute approximate surface area is 149 Å². The average molecular weight is 345 g/mol. The highest BCUT2D eigenvalue weighted by Gasteiger charge is 2.10. The largest absolute Gasteiger partial charge is 0.357 e. The van der Waals surface area contributed by atoms with Crippen LogP contribution in [-0.2, 0) is 6.54 Å². The predicted octanol–water partition coefficient (Wildman–Crippen LogP) is 3.96. The molecule has 0 spiro atoms. The lowest BCUT2D eigenvalue weighted by Crippen LogP contribution is -2.38. The third-order valence-corrected chi connectivity index (χ3v) is 4.71. The fourth-order valence-corrected chi connectivity index (χ4v) is 3.18. The molecule has 1 atom stereocenters. The number of nitrogens with zero attached hydrogens (tertiary/aromatic N) is 3. The number of aromatic nitrogens is 1. The third-order valence-electron chi connectivity index (χ3n) is 3.89. The predicted molar refractivity (Wildman–Crippen MR) is 104 cm³/mol. The Balaban J connectivity index is 2.03. The van der Waals surface area contributed by atoms with Gasteiger partial charge in [-0.15, -0.1) is 11.3 Å². The molecule has 0 aliphatic carbocycles. The van der Waals surface area contributed by atoms with E-state index in [4.69, 9.17) is 4.99 Å². The number of nitrogens with one attached hydrogen (secondary N) is 1. The molecule has 1 unspecified atom stereocenters. The topological polar surface area (TPSA) is 40.5 Å². The third kappa shape index (κ3) is 5.34. The van der Waals surface area contributed by atoms with Crippen molar-refractivity contribution in [3.63, 3.8) is 0 Å². The first-order chi connectivity index (χ1) is 11.5. The van der Waals surface area contributed by atoms with Gasteiger partial charge in [-0.1, -0.05) is 36.8 Å². The summed E-state index contributed by atoms with van der Waals surface area (Å²) in [5.41, 5.74) is 3.73. The fourth-order valence-electron chi connectivity index (χ4n) is 2.57. The Morgan fingerprint density at radius 1 is 1.38 bits per heavy atom. The first kappa shape index (κ1) is 18.5. The minimum atomic E-state index is 0.397. The molecule has 1 N–H and O–H groups in total. The Morgan fingerprint density at radius 2 is 2.17 bits per heavy atom. The Hall–Kier alpha value is -1.88. The molecule has 0 saturated carbocycles. The van der Waals surface area contributed by atoms with Gasteiger partial charge in [-0.05, 0) is 26.3 Å². The van der Waals surface area contributed by atoms with Crippen LogP contribution in [-0.4, -0.2) is 36.0 Å². The number of hydrogen-bond donors (Lipinski definition) is 1. The second kappa shape index (κ2) is 8.83. The molecule has 130 valence electrons. The molecule has 2 rings (SSSR count). The summed E-state index contributed by atoms with van der Waals surface area (Å²) in [5.74, 6) is 1.33. The van der Waals surface area contributed by atoms with Crippen LogP contribution in [0.25, 0.3) is 0 Å². The zero-order chi connectivity index (χ0) is 17.5. The van der Waals surface area contributed by atoms with Crippen LogP contribution in [0.5, 0.6) is 0 Å². The van der Waals surface area contributed by atoms with Crippen molar-refractivity contribution >= 4 is 17.3 Å². The van der Waals surface area contributed by atoms with Crippen LogP contribution in [0.1, 0.15) is 41.6 Å². The van der Waals surface area contributed by atoms with Crippen LogP contribution < -0.4 is 5.32 Å². The quantitative estimate of drug-likeness (QED) is 0.637. The highest BCUT2D eigenvalue weighted by molar-refractivity contribution is 7.09. The van der Waals surface area contributed by atoms with Gasteiger partial charge in [-0.25, -0.2) is 4.98 Å². The van der Waals surface area contributed by atoms with E-state index in [1.165, 1.54) is 11.1 Å². The van der Waals surface area contributed by atoms with Crippen molar-refractivity contribution in [2.24, 2.45) is 4.99 Å². The molecule has 5 heteroatoms. The number of thiazole rings is 1. The first-order valence-corrected chi connectivity index (χ1v) is 9.34. The van der Waals surface area contributed by atoms with Gasteiger partial charge in [0, 0.05) is 31.4 Å². The summed E-state index contributed by atoms with van der Waals surface area (Å²) < 4.78 is 0. The van der Waals surface area contributed by atoms with Crippen LogP contribution >= 0.6 is 11.3 Å². The summed E-state index contributed by atoms with van der Waals surface area (Å²) in [5, 5.41) is 6.60. The summed E-state index contributed by atoms with van der Waals surface area (Å²) in [7, 11) is 2.06. The molecule has 1 aromatic heterocycles. The van der Waals surface area contributed by atoms with E-state index >= 15 is 0 Å². The minimum Gasteiger partial charge on any atom is -0.357 e. The van der Waals surface area contributed by atoms with Gasteiger partial charge in [0.15, 0.2) is 5.96 Å². The highest BCUT2D eigenvalue weighted by atomic mass is 32.1. The Morgan fingerprint density at radius 3 is 2.79 bits per heavy atom. The lowest BCUT2D eigenvalue weighted by molar-refractivity contribution is 0.470. The number of benzene rings is 1. The second-order valence-corrected chi connectivity index (χ2v) is 7.29. The van der Waals surface area contributed by atoms with E-state index in [2.05, 4.69) is 72.7 Å². The van der Waals surface area contributed by atoms with Crippen molar-refractivity contribution in [1.82, 2.24) is 15.2 Å². The van der Waals surface area contributed by atoms with Crippen LogP contribution in [0.2, 0.25) is 0 Å². The SMILES string of the molecule is CCNC(=NCC(C)c1cccc(C)c1)N(C)Cc1csc(C)n1. The van der Waals surface area contributed by atoms with Crippen LogP contribution in [0.15, 0.2) is 34.6 Å². The minimum absolute atomic E-state index is 0.397. The van der Waals surface area contributed by atoms with Crippen molar-refractivity contribution < 1.29 is 0 Å². The molecule has 0 aliphatic rings. The molecule has 0 aliphatic heterocycles. The summed E-state index contributed by atoms with van der Waals surface area (Å²) in [6.45, 7) is 10.9. The highest BCUT2D eigenvalue weighted by Crippen LogP contribution is 2.17. The van der Waals surface area contributed by atoms with E-state index in [-0.39, 0.29) is 0 Å². The van der Waals surface area contributed by atoms with Crippen molar-refractivity contribution in [2.75, 3.05) is 20.1 Å². The molecule has 2 aromatic rings. The van der Waals surface area contributed by atoms with Crippen molar-refractivity contribution in [1.29, 1.82) is 0 Å². The smallest absolute Gasteiger partial charge is 0.194 e. The molecule has 24 heavy (non-hydrogen) atoms. The second-order valence-electron chi connectivity index (χ2n) is 6.22. The normalized spacial score (nSPS) is 13.0. The molecular formula is C19H28N4S. The van der Waals surface area contributed by atoms with E-state index in [1.807, 2.05) is 6.92 Å². The van der Waals surface area contributed by atoms with E-state index in [0.717, 1.165) is 36.3 Å². The Bertz CT molecular complexity index is 678. The molecular weight excluding hydrogens is 316 g/mol. The van der Waals surface area contributed by atoms with Gasteiger partial charge in [0.2, 0.25) is 0 Å². The lowest BCUT2D eigenvalue weighted by Gasteiger charge is -2.22. The number of rotatable bonds is 6. The van der Waals surface area contributed by atoms with Crippen LogP contribution in [0, 0.1) is 13.8 Å². The maximum absolute atomic E-state index is 4.83. The Kier molecular flexibility index (Phi) is 6.79.